The molecule has 1 fully saturated rings. The highest BCUT2D eigenvalue weighted by Crippen LogP contribution is 2.39. The molecule has 1 heterocycles. The molecule has 0 bridgehead atoms. The number of ether oxygens (including phenoxy) is 1. The maximum atomic E-state index is 6.34. The minimum absolute atomic E-state index is 0.0214. The Morgan fingerprint density at radius 2 is 2.06 bits per heavy atom. The molecule has 3 nitrogen and oxygen atoms in total. The van der Waals surface area contributed by atoms with Gasteiger partial charge in [0, 0.05) is 18.0 Å². The van der Waals surface area contributed by atoms with Gasteiger partial charge in [-0.3, -0.25) is 0 Å². The van der Waals surface area contributed by atoms with Crippen molar-refractivity contribution in [3.05, 3.63) is 34.9 Å². The Bertz CT molecular complexity index is 380. The molecule has 1 aliphatic heterocycles. The summed E-state index contributed by atoms with van der Waals surface area (Å²) in [6, 6.07) is 6.36. The second-order valence-corrected chi connectivity index (χ2v) is 4.90. The summed E-state index contributed by atoms with van der Waals surface area (Å²) in [5.41, 5.74) is 15.8. The Kier molecular flexibility index (Phi) is 3.02. The van der Waals surface area contributed by atoms with E-state index in [0.29, 0.717) is 19.8 Å². The van der Waals surface area contributed by atoms with Crippen LogP contribution in [-0.4, -0.2) is 19.8 Å². The average molecular weight is 220 g/mol. The lowest BCUT2D eigenvalue weighted by molar-refractivity contribution is -0.121. The smallest absolute Gasteiger partial charge is 0.0575 e. The van der Waals surface area contributed by atoms with Gasteiger partial charge >= 0.3 is 0 Å². The maximum absolute atomic E-state index is 6.34. The van der Waals surface area contributed by atoms with Crippen molar-refractivity contribution in [2.45, 2.75) is 19.9 Å². The monoisotopic (exact) mass is 220 g/mol. The molecule has 0 saturated carbocycles. The average Bonchev–Trinajstić information content (AvgIpc) is 2.16. The van der Waals surface area contributed by atoms with Gasteiger partial charge in [0.25, 0.3) is 0 Å². The highest BCUT2D eigenvalue weighted by molar-refractivity contribution is 5.34. The maximum Gasteiger partial charge on any atom is 0.0575 e. The van der Waals surface area contributed by atoms with Gasteiger partial charge in [0.1, 0.15) is 0 Å². The molecule has 0 aliphatic carbocycles. The Morgan fingerprint density at radius 1 is 1.38 bits per heavy atom. The van der Waals surface area contributed by atoms with Crippen LogP contribution in [0.2, 0.25) is 0 Å². The molecule has 4 N–H and O–H groups in total. The Balaban J connectivity index is 2.29. The molecule has 1 saturated heterocycles. The van der Waals surface area contributed by atoms with E-state index >= 15 is 0 Å². The number of hydrogen-bond acceptors (Lipinski definition) is 3. The van der Waals surface area contributed by atoms with E-state index in [1.807, 2.05) is 0 Å². The Labute approximate surface area is 96.8 Å². The van der Waals surface area contributed by atoms with Gasteiger partial charge in [-0.2, -0.15) is 0 Å². The van der Waals surface area contributed by atoms with Gasteiger partial charge in [0.15, 0.2) is 0 Å². The van der Waals surface area contributed by atoms with Gasteiger partial charge in [-0.1, -0.05) is 23.8 Å². The third kappa shape index (κ3) is 1.75. The van der Waals surface area contributed by atoms with Crippen molar-refractivity contribution >= 4 is 0 Å². The van der Waals surface area contributed by atoms with Gasteiger partial charge in [0.05, 0.1) is 13.2 Å². The summed E-state index contributed by atoms with van der Waals surface area (Å²) in [6.07, 6.45) is 0. The fourth-order valence-electron chi connectivity index (χ4n) is 2.29. The van der Waals surface area contributed by atoms with Crippen molar-refractivity contribution in [2.75, 3.05) is 19.8 Å². The molecule has 0 radical (unpaired) electrons. The standard InChI is InChI=1S/C13H20N2O/c1-9-3-4-11(10(2)5-9)12(15)13(6-14)7-16-8-13/h3-5,12H,6-8,14-15H2,1-2H3. The van der Waals surface area contributed by atoms with Gasteiger partial charge in [-0.05, 0) is 25.0 Å². The SMILES string of the molecule is Cc1ccc(C(N)C2(CN)COC2)c(C)c1. The molecule has 88 valence electrons. The van der Waals surface area contributed by atoms with E-state index < -0.39 is 0 Å². The Morgan fingerprint density at radius 3 is 2.50 bits per heavy atom. The number of benzene rings is 1. The molecule has 1 aromatic rings. The van der Waals surface area contributed by atoms with E-state index in [9.17, 15) is 0 Å². The fourth-order valence-corrected chi connectivity index (χ4v) is 2.29. The molecule has 0 amide bonds. The van der Waals surface area contributed by atoms with Crippen molar-refractivity contribution in [3.8, 4) is 0 Å². The van der Waals surface area contributed by atoms with E-state index in [1.165, 1.54) is 16.7 Å². The molecule has 3 heteroatoms. The predicted molar refractivity (Wildman–Crippen MR) is 65.2 cm³/mol. The summed E-state index contributed by atoms with van der Waals surface area (Å²) < 4.78 is 5.28. The number of hydrogen-bond donors (Lipinski definition) is 2. The fraction of sp³-hybridized carbons (Fsp3) is 0.538. The molecule has 2 rings (SSSR count). The van der Waals surface area contributed by atoms with Crippen LogP contribution < -0.4 is 11.5 Å². The zero-order valence-corrected chi connectivity index (χ0v) is 9.99. The predicted octanol–water partition coefficient (Wildman–Crippen LogP) is 1.28. The zero-order valence-electron chi connectivity index (χ0n) is 9.99. The lowest BCUT2D eigenvalue weighted by Crippen LogP contribution is -2.55. The van der Waals surface area contributed by atoms with Crippen LogP contribution in [0.25, 0.3) is 0 Å². The summed E-state index contributed by atoms with van der Waals surface area (Å²) in [5.74, 6) is 0. The molecule has 1 aliphatic rings. The van der Waals surface area contributed by atoms with Crippen molar-refractivity contribution in [3.63, 3.8) is 0 Å². The van der Waals surface area contributed by atoms with Gasteiger partial charge in [0.2, 0.25) is 0 Å². The van der Waals surface area contributed by atoms with E-state index in [0.717, 1.165) is 0 Å². The first-order valence-electron chi connectivity index (χ1n) is 5.69. The Hall–Kier alpha value is -0.900. The molecule has 16 heavy (non-hydrogen) atoms. The first-order chi connectivity index (χ1) is 7.59. The normalized spacial score (nSPS) is 20.2. The summed E-state index contributed by atoms with van der Waals surface area (Å²) in [5, 5.41) is 0. The van der Waals surface area contributed by atoms with Gasteiger partial charge < -0.3 is 16.2 Å². The second kappa shape index (κ2) is 4.17. The summed E-state index contributed by atoms with van der Waals surface area (Å²) in [4.78, 5) is 0. The highest BCUT2D eigenvalue weighted by atomic mass is 16.5. The molecular formula is C13H20N2O. The van der Waals surface area contributed by atoms with Crippen LogP contribution in [-0.2, 0) is 4.74 Å². The van der Waals surface area contributed by atoms with Crippen LogP contribution in [0.3, 0.4) is 0 Å². The molecule has 0 spiro atoms. The third-order valence-electron chi connectivity index (χ3n) is 3.61. The van der Waals surface area contributed by atoms with Gasteiger partial charge in [-0.25, -0.2) is 0 Å². The lowest BCUT2D eigenvalue weighted by atomic mass is 9.74. The van der Waals surface area contributed by atoms with Crippen molar-refractivity contribution < 1.29 is 4.74 Å². The van der Waals surface area contributed by atoms with E-state index in [-0.39, 0.29) is 11.5 Å². The second-order valence-electron chi connectivity index (χ2n) is 4.90. The first-order valence-corrected chi connectivity index (χ1v) is 5.69. The largest absolute Gasteiger partial charge is 0.380 e. The summed E-state index contributed by atoms with van der Waals surface area (Å²) in [7, 11) is 0. The quantitative estimate of drug-likeness (QED) is 0.806. The van der Waals surface area contributed by atoms with Crippen LogP contribution in [0.4, 0.5) is 0 Å². The van der Waals surface area contributed by atoms with Crippen LogP contribution in [0.5, 0.6) is 0 Å². The van der Waals surface area contributed by atoms with Crippen molar-refractivity contribution in [1.82, 2.24) is 0 Å². The minimum Gasteiger partial charge on any atom is -0.380 e. The highest BCUT2D eigenvalue weighted by Gasteiger charge is 2.43. The van der Waals surface area contributed by atoms with Crippen molar-refractivity contribution in [2.24, 2.45) is 16.9 Å². The van der Waals surface area contributed by atoms with Crippen LogP contribution >= 0.6 is 0 Å². The number of nitrogens with two attached hydrogens (primary N) is 2. The minimum atomic E-state index is -0.0555. The zero-order chi connectivity index (χ0) is 11.8. The number of rotatable bonds is 3. The molecule has 1 aromatic carbocycles. The molecule has 1 atom stereocenters. The van der Waals surface area contributed by atoms with E-state index in [4.69, 9.17) is 16.2 Å². The lowest BCUT2D eigenvalue weighted by Gasteiger charge is -2.45. The van der Waals surface area contributed by atoms with Crippen LogP contribution in [0, 0.1) is 19.3 Å². The van der Waals surface area contributed by atoms with Crippen LogP contribution in [0.1, 0.15) is 22.7 Å². The summed E-state index contributed by atoms with van der Waals surface area (Å²) in [6.45, 7) is 6.14. The van der Waals surface area contributed by atoms with Gasteiger partial charge in [-0.15, -0.1) is 0 Å². The van der Waals surface area contributed by atoms with E-state index in [1.54, 1.807) is 0 Å². The molecule has 0 aromatic heterocycles. The van der Waals surface area contributed by atoms with Crippen molar-refractivity contribution in [1.29, 1.82) is 0 Å². The van der Waals surface area contributed by atoms with Crippen LogP contribution in [0.15, 0.2) is 18.2 Å². The molecular weight excluding hydrogens is 200 g/mol. The first kappa shape index (κ1) is 11.6. The third-order valence-corrected chi connectivity index (χ3v) is 3.61. The molecule has 1 unspecified atom stereocenters. The topological polar surface area (TPSA) is 61.3 Å². The number of aryl methyl sites for hydroxylation is 2. The summed E-state index contributed by atoms with van der Waals surface area (Å²) >= 11 is 0. The van der Waals surface area contributed by atoms with E-state index in [2.05, 4.69) is 32.0 Å².